The highest BCUT2D eigenvalue weighted by atomic mass is 19.1. The van der Waals surface area contributed by atoms with Gasteiger partial charge in [0.2, 0.25) is 0 Å². The minimum absolute atomic E-state index is 0.0682. The fourth-order valence-corrected chi connectivity index (χ4v) is 3.97. The van der Waals surface area contributed by atoms with Crippen LogP contribution in [0.25, 0.3) is 0 Å². The summed E-state index contributed by atoms with van der Waals surface area (Å²) in [5, 5.41) is 0. The topological polar surface area (TPSA) is 15.8 Å². The van der Waals surface area contributed by atoms with Crippen molar-refractivity contribution < 1.29 is 9.13 Å². The van der Waals surface area contributed by atoms with Gasteiger partial charge in [0.1, 0.15) is 11.4 Å². The summed E-state index contributed by atoms with van der Waals surface area (Å²) in [6.45, 7) is 3.21. The minimum atomic E-state index is -0.0732. The molecule has 1 aromatic rings. The lowest BCUT2D eigenvalue weighted by Crippen LogP contribution is -2.61. The Balaban J connectivity index is 1.63. The predicted octanol–water partition coefficient (Wildman–Crippen LogP) is 2.23. The van der Waals surface area contributed by atoms with Crippen molar-refractivity contribution in [1.29, 1.82) is 0 Å². The maximum absolute atomic E-state index is 13.8. The normalized spacial score (nSPS) is 41.3. The quantitative estimate of drug-likeness (QED) is 0.745. The first-order valence-corrected chi connectivity index (χ1v) is 6.91. The monoisotopic (exact) mass is 247 g/mol. The molecular weight excluding hydrogens is 229 g/mol. The van der Waals surface area contributed by atoms with Crippen molar-refractivity contribution in [3.8, 4) is 0 Å². The van der Waals surface area contributed by atoms with E-state index < -0.39 is 0 Å². The number of rotatable bonds is 2. The first-order valence-electron chi connectivity index (χ1n) is 6.91. The first kappa shape index (κ1) is 10.9. The van der Waals surface area contributed by atoms with E-state index in [4.69, 9.17) is 4.74 Å². The minimum Gasteiger partial charge on any atom is -0.368 e. The number of benzene rings is 1. The smallest absolute Gasteiger partial charge is 0.126 e. The highest BCUT2D eigenvalue weighted by Crippen LogP contribution is 2.51. The molecule has 0 amide bonds. The van der Waals surface area contributed by atoms with Gasteiger partial charge in [-0.05, 0) is 49.9 Å². The second-order valence-corrected chi connectivity index (χ2v) is 5.87. The molecule has 3 heteroatoms. The van der Waals surface area contributed by atoms with Crippen LogP contribution >= 0.6 is 0 Å². The van der Waals surface area contributed by atoms with Crippen LogP contribution in [0.5, 0.6) is 0 Å². The second-order valence-electron chi connectivity index (χ2n) is 5.87. The Kier molecular flexibility index (Phi) is 2.30. The van der Waals surface area contributed by atoms with Gasteiger partial charge in [0, 0.05) is 6.04 Å². The van der Waals surface area contributed by atoms with Gasteiger partial charge in [0.25, 0.3) is 0 Å². The molecule has 2 bridgehead atoms. The van der Waals surface area contributed by atoms with Crippen molar-refractivity contribution in [3.05, 3.63) is 35.6 Å². The van der Waals surface area contributed by atoms with Crippen LogP contribution in [0, 0.1) is 11.7 Å². The van der Waals surface area contributed by atoms with Gasteiger partial charge in [-0.2, -0.15) is 0 Å². The molecule has 18 heavy (non-hydrogen) atoms. The van der Waals surface area contributed by atoms with E-state index in [9.17, 15) is 4.39 Å². The Morgan fingerprint density at radius 3 is 2.67 bits per heavy atom. The Morgan fingerprint density at radius 2 is 2.00 bits per heavy atom. The molecule has 1 spiro atoms. The third kappa shape index (κ3) is 1.47. The molecule has 4 heterocycles. The molecule has 0 aliphatic carbocycles. The van der Waals surface area contributed by atoms with Crippen LogP contribution in [-0.2, 0) is 11.2 Å². The molecule has 4 aliphatic rings. The molecule has 4 aliphatic heterocycles. The van der Waals surface area contributed by atoms with Crippen LogP contribution in [0.1, 0.15) is 18.4 Å². The molecule has 0 radical (unpaired) electrons. The summed E-state index contributed by atoms with van der Waals surface area (Å²) in [6.07, 6.45) is 3.31. The van der Waals surface area contributed by atoms with Gasteiger partial charge in [-0.3, -0.25) is 4.90 Å². The fourth-order valence-electron chi connectivity index (χ4n) is 3.97. The van der Waals surface area contributed by atoms with Crippen LogP contribution in [0.2, 0.25) is 0 Å². The summed E-state index contributed by atoms with van der Waals surface area (Å²) < 4.78 is 19.6. The Morgan fingerprint density at radius 1 is 1.28 bits per heavy atom. The molecule has 4 saturated heterocycles. The molecule has 0 unspecified atom stereocenters. The zero-order valence-corrected chi connectivity index (χ0v) is 10.4. The van der Waals surface area contributed by atoms with E-state index in [-0.39, 0.29) is 11.4 Å². The number of halogens is 1. The number of ether oxygens (including phenoxy) is 1. The average molecular weight is 247 g/mol. The van der Waals surface area contributed by atoms with E-state index in [1.807, 2.05) is 12.1 Å². The van der Waals surface area contributed by atoms with Crippen molar-refractivity contribution >= 4 is 0 Å². The molecule has 0 N–H and O–H groups in total. The third-order valence-corrected chi connectivity index (χ3v) is 5.07. The Bertz CT molecular complexity index is 463. The van der Waals surface area contributed by atoms with E-state index in [0.29, 0.717) is 12.0 Å². The van der Waals surface area contributed by atoms with Crippen molar-refractivity contribution in [2.24, 2.45) is 5.92 Å². The largest absolute Gasteiger partial charge is 0.368 e. The van der Waals surface area contributed by atoms with Gasteiger partial charge in [-0.1, -0.05) is 18.2 Å². The molecule has 96 valence electrons. The molecule has 4 fully saturated rings. The van der Waals surface area contributed by atoms with Crippen LogP contribution in [0.15, 0.2) is 24.3 Å². The van der Waals surface area contributed by atoms with E-state index in [2.05, 4.69) is 4.90 Å². The van der Waals surface area contributed by atoms with Gasteiger partial charge in [0.05, 0.1) is 6.61 Å². The molecule has 2 nitrogen and oxygen atoms in total. The molecular formula is C15H18FNO. The van der Waals surface area contributed by atoms with Gasteiger partial charge in [0.15, 0.2) is 0 Å². The van der Waals surface area contributed by atoms with E-state index in [1.54, 1.807) is 12.1 Å². The highest BCUT2D eigenvalue weighted by molar-refractivity contribution is 5.23. The predicted molar refractivity (Wildman–Crippen MR) is 66.9 cm³/mol. The van der Waals surface area contributed by atoms with E-state index in [0.717, 1.165) is 31.7 Å². The summed E-state index contributed by atoms with van der Waals surface area (Å²) in [5.74, 6) is 0.634. The number of hydrogen-bond acceptors (Lipinski definition) is 2. The van der Waals surface area contributed by atoms with Gasteiger partial charge < -0.3 is 4.74 Å². The zero-order valence-electron chi connectivity index (χ0n) is 10.4. The van der Waals surface area contributed by atoms with Crippen molar-refractivity contribution in [3.63, 3.8) is 0 Å². The number of fused-ring (bicyclic) bond motifs is 2. The molecule has 2 atom stereocenters. The Labute approximate surface area is 107 Å². The fraction of sp³-hybridized carbons (Fsp3) is 0.600. The van der Waals surface area contributed by atoms with Crippen LogP contribution in [-0.4, -0.2) is 36.2 Å². The Hall–Kier alpha value is -0.930. The summed E-state index contributed by atoms with van der Waals surface area (Å²) >= 11 is 0. The molecule has 1 aromatic carbocycles. The second kappa shape index (κ2) is 3.78. The molecule has 0 aromatic heterocycles. The zero-order chi connectivity index (χ0) is 12.2. The lowest BCUT2D eigenvalue weighted by Gasteiger charge is -2.50. The lowest BCUT2D eigenvalue weighted by molar-refractivity contribution is -0.0319. The van der Waals surface area contributed by atoms with E-state index >= 15 is 0 Å². The number of nitrogens with zero attached hydrogens (tertiary/aromatic N) is 1. The molecule has 0 saturated carbocycles. The summed E-state index contributed by atoms with van der Waals surface area (Å²) in [5.41, 5.74) is 0.906. The summed E-state index contributed by atoms with van der Waals surface area (Å²) in [7, 11) is 0. The van der Waals surface area contributed by atoms with Gasteiger partial charge >= 0.3 is 0 Å². The van der Waals surface area contributed by atoms with Gasteiger partial charge in [-0.25, -0.2) is 4.39 Å². The van der Waals surface area contributed by atoms with E-state index in [1.165, 1.54) is 12.8 Å². The SMILES string of the molecule is Fc1ccccc1C[C@@H]1N2CCC(CC2)[C@]12CO2. The maximum atomic E-state index is 13.8. The maximum Gasteiger partial charge on any atom is 0.126 e. The first-order chi connectivity index (χ1) is 8.79. The van der Waals surface area contributed by atoms with Crippen LogP contribution in [0.3, 0.4) is 0 Å². The van der Waals surface area contributed by atoms with Crippen molar-refractivity contribution in [2.45, 2.75) is 30.9 Å². The van der Waals surface area contributed by atoms with Crippen molar-refractivity contribution in [2.75, 3.05) is 19.7 Å². The third-order valence-electron chi connectivity index (χ3n) is 5.07. The molecule has 5 rings (SSSR count). The number of epoxide rings is 1. The van der Waals surface area contributed by atoms with Crippen molar-refractivity contribution in [1.82, 2.24) is 4.90 Å². The van der Waals surface area contributed by atoms with Gasteiger partial charge in [-0.15, -0.1) is 0 Å². The van der Waals surface area contributed by atoms with Crippen LogP contribution < -0.4 is 0 Å². The number of piperidine rings is 3. The summed E-state index contributed by atoms with van der Waals surface area (Å²) in [6, 6.07) is 7.55. The van der Waals surface area contributed by atoms with Crippen LogP contribution in [0.4, 0.5) is 4.39 Å². The average Bonchev–Trinajstić information content (AvgIpc) is 3.18. The standard InChI is InChI=1S/C15H18FNO/c16-13-4-2-1-3-11(13)9-14-15(10-18-15)12-5-7-17(14)8-6-12/h1-4,12,14H,5-10H2/t14-,15+/m0/s1. The summed E-state index contributed by atoms with van der Waals surface area (Å²) in [4.78, 5) is 2.51. The lowest BCUT2D eigenvalue weighted by atomic mass is 9.72. The highest BCUT2D eigenvalue weighted by Gasteiger charge is 2.62. The number of hydrogen-bond donors (Lipinski definition) is 0.